The number of carbonyl (C=O) groups excluding carboxylic acids is 1. The van der Waals surface area contributed by atoms with E-state index in [-0.39, 0.29) is 17.9 Å². The van der Waals surface area contributed by atoms with Crippen molar-refractivity contribution in [3.8, 4) is 0 Å². The third-order valence-corrected chi connectivity index (χ3v) is 6.32. The lowest BCUT2D eigenvalue weighted by atomic mass is 10.0. The molecule has 4 rings (SSSR count). The van der Waals surface area contributed by atoms with Crippen LogP contribution in [0.2, 0.25) is 5.02 Å². The van der Waals surface area contributed by atoms with Gasteiger partial charge in [-0.1, -0.05) is 36.8 Å². The molecule has 3 heterocycles. The second kappa shape index (κ2) is 7.96. The van der Waals surface area contributed by atoms with Crippen molar-refractivity contribution in [3.63, 3.8) is 0 Å². The first-order chi connectivity index (χ1) is 14.3. The Hall–Kier alpha value is -2.51. The molecule has 0 saturated heterocycles. The molecule has 30 heavy (non-hydrogen) atoms. The molecular formula is C22H24ClN5OS. The minimum absolute atomic E-state index is 0.0970. The Labute approximate surface area is 184 Å². The molecule has 0 unspecified atom stereocenters. The van der Waals surface area contributed by atoms with Crippen LogP contribution >= 0.6 is 22.9 Å². The number of benzene rings is 1. The predicted octanol–water partition coefficient (Wildman–Crippen LogP) is 6.07. The summed E-state index contributed by atoms with van der Waals surface area (Å²) < 4.78 is 2.87. The smallest absolute Gasteiger partial charge is 0.260 e. The van der Waals surface area contributed by atoms with Crippen molar-refractivity contribution >= 4 is 55.2 Å². The lowest BCUT2D eigenvalue weighted by Crippen LogP contribution is -2.31. The fraction of sp³-hybridized carbons (Fsp3) is 0.364. The van der Waals surface area contributed by atoms with Crippen molar-refractivity contribution in [2.45, 2.75) is 46.6 Å². The second-order valence-electron chi connectivity index (χ2n) is 7.83. The molecule has 0 spiro atoms. The minimum atomic E-state index is -0.0970. The van der Waals surface area contributed by atoms with Gasteiger partial charge in [-0.3, -0.25) is 9.69 Å². The fourth-order valence-electron chi connectivity index (χ4n) is 3.40. The van der Waals surface area contributed by atoms with Gasteiger partial charge >= 0.3 is 0 Å². The number of aromatic nitrogens is 4. The van der Waals surface area contributed by atoms with Crippen molar-refractivity contribution in [3.05, 3.63) is 46.7 Å². The summed E-state index contributed by atoms with van der Waals surface area (Å²) in [5.41, 5.74) is 3.02. The summed E-state index contributed by atoms with van der Waals surface area (Å²) in [7, 11) is 0. The van der Waals surface area contributed by atoms with Gasteiger partial charge in [-0.05, 0) is 51.0 Å². The van der Waals surface area contributed by atoms with E-state index < -0.39 is 0 Å². The molecular weight excluding hydrogens is 418 g/mol. The van der Waals surface area contributed by atoms with Gasteiger partial charge in [0.05, 0.1) is 27.4 Å². The van der Waals surface area contributed by atoms with Gasteiger partial charge in [-0.2, -0.15) is 5.10 Å². The predicted molar refractivity (Wildman–Crippen MR) is 124 cm³/mol. The van der Waals surface area contributed by atoms with Crippen LogP contribution in [0.3, 0.4) is 0 Å². The molecule has 0 bridgehead atoms. The van der Waals surface area contributed by atoms with Crippen molar-refractivity contribution < 1.29 is 4.79 Å². The number of anilines is 1. The number of rotatable bonds is 5. The molecule has 0 aliphatic carbocycles. The summed E-state index contributed by atoms with van der Waals surface area (Å²) in [5, 5.41) is 6.55. The number of hydrogen-bond acceptors (Lipinski definition) is 5. The number of halogens is 1. The van der Waals surface area contributed by atoms with Crippen LogP contribution in [-0.4, -0.2) is 32.2 Å². The summed E-state index contributed by atoms with van der Waals surface area (Å²) >= 11 is 7.59. The normalized spacial score (nSPS) is 11.9. The largest absolute Gasteiger partial charge is 0.284 e. The van der Waals surface area contributed by atoms with Crippen LogP contribution in [0.5, 0.6) is 0 Å². The van der Waals surface area contributed by atoms with Gasteiger partial charge in [0.25, 0.3) is 5.91 Å². The van der Waals surface area contributed by atoms with E-state index in [1.807, 2.05) is 35.9 Å². The molecule has 0 aliphatic rings. The Morgan fingerprint density at radius 3 is 2.63 bits per heavy atom. The number of pyridine rings is 1. The first-order valence-electron chi connectivity index (χ1n) is 10.1. The summed E-state index contributed by atoms with van der Waals surface area (Å²) in [6.45, 7) is 10.7. The summed E-state index contributed by atoms with van der Waals surface area (Å²) in [5.74, 6) is 0.0939. The highest BCUT2D eigenvalue weighted by molar-refractivity contribution is 7.22. The van der Waals surface area contributed by atoms with Gasteiger partial charge in [0.15, 0.2) is 10.8 Å². The highest BCUT2D eigenvalue weighted by atomic mass is 35.5. The molecule has 3 aromatic heterocycles. The average Bonchev–Trinajstić information content (AvgIpc) is 3.31. The number of carbonyl (C=O) groups is 1. The van der Waals surface area contributed by atoms with E-state index in [9.17, 15) is 4.79 Å². The van der Waals surface area contributed by atoms with Crippen molar-refractivity contribution in [2.24, 2.45) is 0 Å². The molecule has 1 amide bonds. The molecule has 156 valence electrons. The molecule has 6 nitrogen and oxygen atoms in total. The maximum atomic E-state index is 13.7. The van der Waals surface area contributed by atoms with E-state index in [2.05, 4.69) is 37.8 Å². The lowest BCUT2D eigenvalue weighted by molar-refractivity contribution is 0.0989. The third kappa shape index (κ3) is 3.56. The highest BCUT2D eigenvalue weighted by Gasteiger charge is 2.25. The Balaban J connectivity index is 1.85. The number of hydrogen-bond donors (Lipinski definition) is 0. The van der Waals surface area contributed by atoms with E-state index in [1.54, 1.807) is 11.1 Å². The number of fused-ring (bicyclic) bond motifs is 2. The first-order valence-corrected chi connectivity index (χ1v) is 11.3. The Bertz CT molecular complexity index is 1240. The van der Waals surface area contributed by atoms with Crippen molar-refractivity contribution in [1.82, 2.24) is 19.7 Å². The van der Waals surface area contributed by atoms with Crippen molar-refractivity contribution in [1.29, 1.82) is 0 Å². The summed E-state index contributed by atoms with van der Waals surface area (Å²) in [4.78, 5) is 24.9. The van der Waals surface area contributed by atoms with Crippen LogP contribution in [0, 0.1) is 0 Å². The van der Waals surface area contributed by atoms with Crippen LogP contribution in [0.4, 0.5) is 5.13 Å². The van der Waals surface area contributed by atoms with Crippen molar-refractivity contribution in [2.75, 3.05) is 11.4 Å². The van der Waals surface area contributed by atoms with Gasteiger partial charge in [-0.15, -0.1) is 0 Å². The molecule has 0 saturated carbocycles. The SMILES string of the molecule is CCN(C(=O)c1cc(C(C)C)nc2c1cnn2C(C)C)c1nc2cc(Cl)ccc2s1. The number of thiazole rings is 1. The zero-order chi connectivity index (χ0) is 21.6. The topological polar surface area (TPSA) is 63.9 Å². The number of nitrogens with zero attached hydrogens (tertiary/aromatic N) is 5. The van der Waals surface area contributed by atoms with E-state index in [0.29, 0.717) is 22.3 Å². The number of amides is 1. The first kappa shape index (κ1) is 20.8. The molecule has 0 atom stereocenters. The lowest BCUT2D eigenvalue weighted by Gasteiger charge is -2.19. The molecule has 0 fully saturated rings. The average molecular weight is 442 g/mol. The molecule has 0 radical (unpaired) electrons. The third-order valence-electron chi connectivity index (χ3n) is 5.03. The maximum absolute atomic E-state index is 13.7. The zero-order valence-corrected chi connectivity index (χ0v) is 19.3. The van der Waals surface area contributed by atoms with Gasteiger partial charge in [0.2, 0.25) is 0 Å². The van der Waals surface area contributed by atoms with Crippen LogP contribution in [0.1, 0.15) is 62.6 Å². The summed E-state index contributed by atoms with van der Waals surface area (Å²) in [6.07, 6.45) is 1.74. The van der Waals surface area contributed by atoms with Crippen LogP contribution in [0.15, 0.2) is 30.5 Å². The monoisotopic (exact) mass is 441 g/mol. The van der Waals surface area contributed by atoms with Gasteiger partial charge in [0, 0.05) is 23.3 Å². The standard InChI is InChI=1S/C22H24ClN5OS/c1-6-27(22-26-18-9-14(23)7-8-19(18)30-22)21(29)15-10-17(12(2)3)25-20-16(15)11-24-28(20)13(4)5/h7-13H,6H2,1-5H3. The van der Waals surface area contributed by atoms with E-state index in [4.69, 9.17) is 16.6 Å². The molecule has 0 N–H and O–H groups in total. The molecule has 8 heteroatoms. The second-order valence-corrected chi connectivity index (χ2v) is 9.27. The Kier molecular flexibility index (Phi) is 5.51. The molecule has 0 aliphatic heterocycles. The minimum Gasteiger partial charge on any atom is -0.284 e. The van der Waals surface area contributed by atoms with E-state index in [1.165, 1.54) is 11.3 Å². The molecule has 4 aromatic rings. The quantitative estimate of drug-likeness (QED) is 0.377. The van der Waals surface area contributed by atoms with Crippen LogP contribution < -0.4 is 4.90 Å². The Morgan fingerprint density at radius 2 is 1.97 bits per heavy atom. The van der Waals surface area contributed by atoms with Gasteiger partial charge in [-0.25, -0.2) is 14.6 Å². The van der Waals surface area contributed by atoms with E-state index >= 15 is 0 Å². The maximum Gasteiger partial charge on any atom is 0.260 e. The van der Waals surface area contributed by atoms with Gasteiger partial charge < -0.3 is 0 Å². The van der Waals surface area contributed by atoms with Gasteiger partial charge in [0.1, 0.15) is 0 Å². The van der Waals surface area contributed by atoms with Crippen LogP contribution in [0.25, 0.3) is 21.3 Å². The molecule has 1 aromatic carbocycles. The van der Waals surface area contributed by atoms with E-state index in [0.717, 1.165) is 26.9 Å². The van der Waals surface area contributed by atoms with Crippen LogP contribution in [-0.2, 0) is 0 Å². The highest BCUT2D eigenvalue weighted by Crippen LogP contribution is 2.32. The fourth-order valence-corrected chi connectivity index (χ4v) is 4.58. The Morgan fingerprint density at radius 1 is 1.20 bits per heavy atom. The zero-order valence-electron chi connectivity index (χ0n) is 17.7. The summed E-state index contributed by atoms with van der Waals surface area (Å²) in [6, 6.07) is 7.64.